The molecular formula is C12H15N3O. The monoisotopic (exact) mass is 217 g/mol. The predicted molar refractivity (Wildman–Crippen MR) is 65.8 cm³/mol. The quantitative estimate of drug-likeness (QED) is 0.771. The molecule has 1 aromatic carbocycles. The molecule has 0 unspecified atom stereocenters. The number of unbranched alkanes of at least 4 members (excludes halogenated alkanes) is 1. The lowest BCUT2D eigenvalue weighted by Gasteiger charge is -2.04. The fourth-order valence-electron chi connectivity index (χ4n) is 1.55. The van der Waals surface area contributed by atoms with E-state index < -0.39 is 0 Å². The molecule has 4 nitrogen and oxygen atoms in total. The number of benzene rings is 1. The Morgan fingerprint density at radius 1 is 1.38 bits per heavy atom. The molecule has 16 heavy (non-hydrogen) atoms. The molecule has 0 aliphatic rings. The van der Waals surface area contributed by atoms with Crippen LogP contribution in [0.25, 0.3) is 10.9 Å². The Morgan fingerprint density at radius 2 is 2.19 bits per heavy atom. The Labute approximate surface area is 93.7 Å². The summed E-state index contributed by atoms with van der Waals surface area (Å²) in [6, 6.07) is 7.33. The van der Waals surface area contributed by atoms with Gasteiger partial charge in [0.1, 0.15) is 0 Å². The first kappa shape index (κ1) is 10.7. The zero-order valence-corrected chi connectivity index (χ0v) is 9.29. The molecule has 0 spiro atoms. The Bertz CT molecular complexity index is 533. The van der Waals surface area contributed by atoms with Crippen LogP contribution in [0.3, 0.4) is 0 Å². The zero-order chi connectivity index (χ0) is 11.4. The third kappa shape index (κ3) is 2.21. The number of hydrogen-bond donors (Lipinski definition) is 2. The van der Waals surface area contributed by atoms with Gasteiger partial charge in [0, 0.05) is 6.54 Å². The summed E-state index contributed by atoms with van der Waals surface area (Å²) in [6.45, 7) is 2.95. The Balaban J connectivity index is 2.31. The van der Waals surface area contributed by atoms with Gasteiger partial charge in [0.05, 0.1) is 10.9 Å². The van der Waals surface area contributed by atoms with Crippen molar-refractivity contribution >= 4 is 16.9 Å². The van der Waals surface area contributed by atoms with Crippen molar-refractivity contribution in [2.45, 2.75) is 19.8 Å². The van der Waals surface area contributed by atoms with E-state index in [2.05, 4.69) is 22.2 Å². The van der Waals surface area contributed by atoms with Crippen molar-refractivity contribution in [3.63, 3.8) is 0 Å². The average molecular weight is 217 g/mol. The van der Waals surface area contributed by atoms with E-state index in [1.165, 1.54) is 0 Å². The largest absolute Gasteiger partial charge is 0.356 e. The van der Waals surface area contributed by atoms with Gasteiger partial charge >= 0.3 is 0 Å². The second-order valence-electron chi connectivity index (χ2n) is 3.71. The van der Waals surface area contributed by atoms with Gasteiger partial charge in [-0.15, -0.1) is 0 Å². The molecule has 2 aromatic rings. The van der Waals surface area contributed by atoms with Gasteiger partial charge in [-0.25, -0.2) is 4.98 Å². The summed E-state index contributed by atoms with van der Waals surface area (Å²) in [4.78, 5) is 18.8. The van der Waals surface area contributed by atoms with E-state index in [0.29, 0.717) is 11.3 Å². The minimum Gasteiger partial charge on any atom is -0.356 e. The molecule has 4 heteroatoms. The molecule has 0 fully saturated rings. The summed E-state index contributed by atoms with van der Waals surface area (Å²) in [5, 5.41) is 3.74. The molecule has 1 heterocycles. The highest BCUT2D eigenvalue weighted by molar-refractivity contribution is 5.78. The number of H-pyrrole nitrogens is 1. The summed E-state index contributed by atoms with van der Waals surface area (Å²) in [7, 11) is 0. The second kappa shape index (κ2) is 4.79. The molecule has 2 rings (SSSR count). The molecule has 2 N–H and O–H groups in total. The van der Waals surface area contributed by atoms with Crippen LogP contribution in [0.2, 0.25) is 0 Å². The van der Waals surface area contributed by atoms with E-state index in [1.54, 1.807) is 6.07 Å². The zero-order valence-electron chi connectivity index (χ0n) is 9.29. The average Bonchev–Trinajstić information content (AvgIpc) is 2.30. The van der Waals surface area contributed by atoms with Crippen LogP contribution >= 0.6 is 0 Å². The molecule has 84 valence electrons. The lowest BCUT2D eigenvalue weighted by molar-refractivity contribution is 0.826. The fourth-order valence-corrected chi connectivity index (χ4v) is 1.55. The maximum Gasteiger partial charge on any atom is 0.260 e. The molecule has 0 aliphatic heterocycles. The van der Waals surface area contributed by atoms with Crippen molar-refractivity contribution < 1.29 is 0 Å². The van der Waals surface area contributed by atoms with Crippen molar-refractivity contribution in [3.05, 3.63) is 34.6 Å². The molecule has 0 bridgehead atoms. The van der Waals surface area contributed by atoms with Gasteiger partial charge in [0.15, 0.2) is 0 Å². The summed E-state index contributed by atoms with van der Waals surface area (Å²) in [5.41, 5.74) is 0.634. The van der Waals surface area contributed by atoms with E-state index >= 15 is 0 Å². The van der Waals surface area contributed by atoms with Crippen LogP contribution in [0.5, 0.6) is 0 Å². The van der Waals surface area contributed by atoms with Crippen molar-refractivity contribution in [3.8, 4) is 0 Å². The summed E-state index contributed by atoms with van der Waals surface area (Å²) < 4.78 is 0. The molecule has 0 radical (unpaired) electrons. The summed E-state index contributed by atoms with van der Waals surface area (Å²) >= 11 is 0. The first-order chi connectivity index (χ1) is 7.81. The lowest BCUT2D eigenvalue weighted by Crippen LogP contribution is -2.13. The third-order valence-corrected chi connectivity index (χ3v) is 2.44. The molecule has 1 aromatic heterocycles. The van der Waals surface area contributed by atoms with Gasteiger partial charge in [-0.2, -0.15) is 0 Å². The van der Waals surface area contributed by atoms with E-state index in [1.807, 2.05) is 18.2 Å². The van der Waals surface area contributed by atoms with E-state index in [4.69, 9.17) is 0 Å². The molecule has 0 amide bonds. The third-order valence-electron chi connectivity index (χ3n) is 2.44. The number of rotatable bonds is 4. The minimum atomic E-state index is -0.0930. The number of aromatic nitrogens is 2. The SMILES string of the molecule is CCCCNc1nc2ccccc2c(=O)[nH]1. The predicted octanol–water partition coefficient (Wildman–Crippen LogP) is 2.14. The Morgan fingerprint density at radius 3 is 3.00 bits per heavy atom. The Hall–Kier alpha value is -1.84. The normalized spacial score (nSPS) is 10.6. The van der Waals surface area contributed by atoms with Gasteiger partial charge in [-0.1, -0.05) is 25.5 Å². The fraction of sp³-hybridized carbons (Fsp3) is 0.333. The second-order valence-corrected chi connectivity index (χ2v) is 3.71. The van der Waals surface area contributed by atoms with Gasteiger partial charge in [0.2, 0.25) is 5.95 Å². The smallest absolute Gasteiger partial charge is 0.260 e. The number of fused-ring (bicyclic) bond motifs is 1. The maximum atomic E-state index is 11.7. The maximum absolute atomic E-state index is 11.7. The van der Waals surface area contributed by atoms with Crippen molar-refractivity contribution in [1.82, 2.24) is 9.97 Å². The highest BCUT2D eigenvalue weighted by Crippen LogP contribution is 2.07. The van der Waals surface area contributed by atoms with E-state index in [-0.39, 0.29) is 5.56 Å². The van der Waals surface area contributed by atoms with Crippen molar-refractivity contribution in [2.24, 2.45) is 0 Å². The Kier molecular flexibility index (Phi) is 3.19. The van der Waals surface area contributed by atoms with Gasteiger partial charge in [0.25, 0.3) is 5.56 Å². The highest BCUT2D eigenvalue weighted by Gasteiger charge is 2.01. The van der Waals surface area contributed by atoms with Gasteiger partial charge in [-0.3, -0.25) is 9.78 Å². The minimum absolute atomic E-state index is 0.0930. The van der Waals surface area contributed by atoms with Crippen molar-refractivity contribution in [1.29, 1.82) is 0 Å². The first-order valence-corrected chi connectivity index (χ1v) is 5.54. The molecular weight excluding hydrogens is 202 g/mol. The standard InChI is InChI=1S/C12H15N3O/c1-2-3-8-13-12-14-10-7-5-4-6-9(10)11(16)15-12/h4-7H,2-3,8H2,1H3,(H2,13,14,15,16). The summed E-state index contributed by atoms with van der Waals surface area (Å²) in [6.07, 6.45) is 2.18. The highest BCUT2D eigenvalue weighted by atomic mass is 16.1. The van der Waals surface area contributed by atoms with Crippen LogP contribution in [0.4, 0.5) is 5.95 Å². The molecule has 0 atom stereocenters. The van der Waals surface area contributed by atoms with Crippen molar-refractivity contribution in [2.75, 3.05) is 11.9 Å². The number of para-hydroxylation sites is 1. The topological polar surface area (TPSA) is 57.8 Å². The number of nitrogens with zero attached hydrogens (tertiary/aromatic N) is 1. The first-order valence-electron chi connectivity index (χ1n) is 5.54. The number of anilines is 1. The van der Waals surface area contributed by atoms with Crippen LogP contribution in [-0.4, -0.2) is 16.5 Å². The molecule has 0 saturated carbocycles. The molecule has 0 aliphatic carbocycles. The molecule has 0 saturated heterocycles. The van der Waals surface area contributed by atoms with Crippen LogP contribution in [-0.2, 0) is 0 Å². The van der Waals surface area contributed by atoms with Gasteiger partial charge in [-0.05, 0) is 18.6 Å². The van der Waals surface area contributed by atoms with Crippen LogP contribution in [0.1, 0.15) is 19.8 Å². The van der Waals surface area contributed by atoms with Crippen LogP contribution in [0, 0.1) is 0 Å². The van der Waals surface area contributed by atoms with Crippen LogP contribution in [0.15, 0.2) is 29.1 Å². The van der Waals surface area contributed by atoms with Crippen LogP contribution < -0.4 is 10.9 Å². The summed E-state index contributed by atoms with van der Waals surface area (Å²) in [5.74, 6) is 0.553. The van der Waals surface area contributed by atoms with E-state index in [0.717, 1.165) is 24.9 Å². The lowest BCUT2D eigenvalue weighted by atomic mass is 10.2. The number of hydrogen-bond acceptors (Lipinski definition) is 3. The van der Waals surface area contributed by atoms with E-state index in [9.17, 15) is 4.79 Å². The number of aromatic amines is 1. The van der Waals surface area contributed by atoms with Gasteiger partial charge < -0.3 is 5.32 Å². The number of nitrogens with one attached hydrogen (secondary N) is 2.